The zero-order chi connectivity index (χ0) is 10.1. The fourth-order valence-electron chi connectivity index (χ4n) is 1.34. The smallest absolute Gasteiger partial charge is 0.304 e. The Hall–Kier alpha value is -0.570. The molecule has 13 heavy (non-hydrogen) atoms. The second-order valence-corrected chi connectivity index (χ2v) is 3.56. The molecule has 0 saturated heterocycles. The van der Waals surface area contributed by atoms with Gasteiger partial charge in [0.05, 0.1) is 6.42 Å². The van der Waals surface area contributed by atoms with Gasteiger partial charge in [0.25, 0.3) is 0 Å². The van der Waals surface area contributed by atoms with E-state index in [9.17, 15) is 4.79 Å². The highest BCUT2D eigenvalue weighted by Gasteiger charge is 2.06. The maximum atomic E-state index is 10.3. The van der Waals surface area contributed by atoms with Crippen molar-refractivity contribution < 1.29 is 9.90 Å². The van der Waals surface area contributed by atoms with Crippen LogP contribution in [0.25, 0.3) is 0 Å². The van der Waals surface area contributed by atoms with Crippen molar-refractivity contribution in [3.05, 3.63) is 0 Å². The van der Waals surface area contributed by atoms with E-state index in [0.717, 1.165) is 12.8 Å². The first-order chi connectivity index (χ1) is 6.16. The lowest BCUT2D eigenvalue weighted by Crippen LogP contribution is -2.23. The van der Waals surface area contributed by atoms with E-state index in [4.69, 9.17) is 10.8 Å². The van der Waals surface area contributed by atoms with Crippen LogP contribution in [-0.4, -0.2) is 17.1 Å². The van der Waals surface area contributed by atoms with Crippen molar-refractivity contribution >= 4 is 5.97 Å². The lowest BCUT2D eigenvalue weighted by atomic mass is 10.1. The average molecular weight is 187 g/mol. The first kappa shape index (κ1) is 12.4. The van der Waals surface area contributed by atoms with E-state index in [-0.39, 0.29) is 12.5 Å². The molecule has 3 nitrogen and oxygen atoms in total. The van der Waals surface area contributed by atoms with E-state index in [1.54, 1.807) is 0 Å². The standard InChI is InChI=1S/C10H21NO2/c1-2-3-4-5-6-7-9(11)8-10(12)13/h9H,2-8,11H2,1H3,(H,12,13)/t9-/m0/s1. The normalized spacial score (nSPS) is 12.8. The summed E-state index contributed by atoms with van der Waals surface area (Å²) in [6.07, 6.45) is 6.95. The van der Waals surface area contributed by atoms with Gasteiger partial charge in [-0.3, -0.25) is 4.79 Å². The fourth-order valence-corrected chi connectivity index (χ4v) is 1.34. The van der Waals surface area contributed by atoms with Gasteiger partial charge in [0, 0.05) is 6.04 Å². The Morgan fingerprint density at radius 1 is 1.31 bits per heavy atom. The van der Waals surface area contributed by atoms with E-state index in [2.05, 4.69) is 6.92 Å². The molecule has 0 unspecified atom stereocenters. The Morgan fingerprint density at radius 2 is 1.92 bits per heavy atom. The molecule has 1 atom stereocenters. The van der Waals surface area contributed by atoms with Crippen LogP contribution in [-0.2, 0) is 4.79 Å². The second-order valence-electron chi connectivity index (χ2n) is 3.56. The molecule has 0 aromatic rings. The highest BCUT2D eigenvalue weighted by molar-refractivity contribution is 5.67. The van der Waals surface area contributed by atoms with E-state index < -0.39 is 5.97 Å². The number of carbonyl (C=O) groups is 1. The molecular weight excluding hydrogens is 166 g/mol. The lowest BCUT2D eigenvalue weighted by molar-refractivity contribution is -0.137. The molecule has 3 heteroatoms. The predicted octanol–water partition coefficient (Wildman–Crippen LogP) is 2.15. The van der Waals surface area contributed by atoms with Crippen LogP contribution in [0.15, 0.2) is 0 Å². The van der Waals surface area contributed by atoms with Gasteiger partial charge in [-0.1, -0.05) is 39.0 Å². The van der Waals surface area contributed by atoms with Crippen molar-refractivity contribution in [2.45, 2.75) is 57.9 Å². The van der Waals surface area contributed by atoms with Crippen molar-refractivity contribution in [1.82, 2.24) is 0 Å². The predicted molar refractivity (Wildman–Crippen MR) is 53.6 cm³/mol. The van der Waals surface area contributed by atoms with Crippen LogP contribution in [0.1, 0.15) is 51.9 Å². The molecule has 0 aliphatic carbocycles. The molecule has 0 aliphatic heterocycles. The SMILES string of the molecule is CCCCCCC[C@H](N)CC(=O)O. The van der Waals surface area contributed by atoms with Gasteiger partial charge < -0.3 is 10.8 Å². The van der Waals surface area contributed by atoms with E-state index >= 15 is 0 Å². The van der Waals surface area contributed by atoms with Crippen LogP contribution in [0.3, 0.4) is 0 Å². The topological polar surface area (TPSA) is 63.3 Å². The number of aliphatic carboxylic acids is 1. The number of hydrogen-bond donors (Lipinski definition) is 2. The molecule has 0 amide bonds. The molecule has 0 heterocycles. The molecule has 0 fully saturated rings. The fraction of sp³-hybridized carbons (Fsp3) is 0.900. The lowest BCUT2D eigenvalue weighted by Gasteiger charge is -2.07. The molecule has 0 aromatic heterocycles. The van der Waals surface area contributed by atoms with Crippen molar-refractivity contribution in [3.8, 4) is 0 Å². The summed E-state index contributed by atoms with van der Waals surface area (Å²) in [4.78, 5) is 10.3. The summed E-state index contributed by atoms with van der Waals surface area (Å²) in [7, 11) is 0. The maximum absolute atomic E-state index is 10.3. The van der Waals surface area contributed by atoms with Crippen LogP contribution >= 0.6 is 0 Å². The van der Waals surface area contributed by atoms with Crippen LogP contribution in [0.2, 0.25) is 0 Å². The number of carboxylic acid groups (broad SMARTS) is 1. The van der Waals surface area contributed by atoms with Gasteiger partial charge in [0.15, 0.2) is 0 Å². The third-order valence-electron chi connectivity index (χ3n) is 2.12. The first-order valence-corrected chi connectivity index (χ1v) is 5.14. The Balaban J connectivity index is 3.17. The van der Waals surface area contributed by atoms with E-state index in [0.29, 0.717) is 0 Å². The molecule has 0 aliphatic rings. The molecule has 3 N–H and O–H groups in total. The second kappa shape index (κ2) is 8.05. The monoisotopic (exact) mass is 187 g/mol. The molecule has 0 rings (SSSR count). The Kier molecular flexibility index (Phi) is 7.69. The number of carboxylic acids is 1. The molecule has 0 radical (unpaired) electrons. The number of nitrogens with two attached hydrogens (primary N) is 1. The van der Waals surface area contributed by atoms with Gasteiger partial charge in [-0.2, -0.15) is 0 Å². The van der Waals surface area contributed by atoms with E-state index in [1.165, 1.54) is 25.7 Å². The number of rotatable bonds is 8. The van der Waals surface area contributed by atoms with Gasteiger partial charge in [-0.25, -0.2) is 0 Å². The Labute approximate surface area is 80.3 Å². The summed E-state index contributed by atoms with van der Waals surface area (Å²) in [6, 6.07) is -0.154. The van der Waals surface area contributed by atoms with Gasteiger partial charge >= 0.3 is 5.97 Å². The Morgan fingerprint density at radius 3 is 2.46 bits per heavy atom. The van der Waals surface area contributed by atoms with E-state index in [1.807, 2.05) is 0 Å². The van der Waals surface area contributed by atoms with Gasteiger partial charge in [-0.05, 0) is 6.42 Å². The summed E-state index contributed by atoms with van der Waals surface area (Å²) >= 11 is 0. The zero-order valence-corrected chi connectivity index (χ0v) is 8.46. The largest absolute Gasteiger partial charge is 0.481 e. The quantitative estimate of drug-likeness (QED) is 0.572. The number of unbranched alkanes of at least 4 members (excludes halogenated alkanes) is 4. The molecule has 78 valence electrons. The van der Waals surface area contributed by atoms with Crippen molar-refractivity contribution in [2.75, 3.05) is 0 Å². The van der Waals surface area contributed by atoms with Crippen molar-refractivity contribution in [3.63, 3.8) is 0 Å². The van der Waals surface area contributed by atoms with Gasteiger partial charge in [0.2, 0.25) is 0 Å². The van der Waals surface area contributed by atoms with Crippen molar-refractivity contribution in [1.29, 1.82) is 0 Å². The van der Waals surface area contributed by atoms with Crippen LogP contribution < -0.4 is 5.73 Å². The number of hydrogen-bond acceptors (Lipinski definition) is 2. The molecular formula is C10H21NO2. The Bertz CT molecular complexity index is 137. The molecule has 0 spiro atoms. The minimum Gasteiger partial charge on any atom is -0.481 e. The highest BCUT2D eigenvalue weighted by Crippen LogP contribution is 2.07. The maximum Gasteiger partial charge on any atom is 0.304 e. The van der Waals surface area contributed by atoms with Crippen molar-refractivity contribution in [2.24, 2.45) is 5.73 Å². The molecule has 0 aromatic carbocycles. The minimum absolute atomic E-state index is 0.105. The third-order valence-corrected chi connectivity index (χ3v) is 2.12. The van der Waals surface area contributed by atoms with Crippen LogP contribution in [0, 0.1) is 0 Å². The molecule has 0 bridgehead atoms. The summed E-state index contributed by atoms with van der Waals surface area (Å²) in [5.41, 5.74) is 5.61. The summed E-state index contributed by atoms with van der Waals surface area (Å²) in [5, 5.41) is 8.44. The zero-order valence-electron chi connectivity index (χ0n) is 8.46. The average Bonchev–Trinajstić information content (AvgIpc) is 2.02. The third kappa shape index (κ3) is 9.34. The highest BCUT2D eigenvalue weighted by atomic mass is 16.4. The summed E-state index contributed by atoms with van der Waals surface area (Å²) in [6.45, 7) is 2.18. The summed E-state index contributed by atoms with van der Waals surface area (Å²) < 4.78 is 0. The van der Waals surface area contributed by atoms with Gasteiger partial charge in [-0.15, -0.1) is 0 Å². The van der Waals surface area contributed by atoms with Crippen LogP contribution in [0.5, 0.6) is 0 Å². The van der Waals surface area contributed by atoms with Crippen LogP contribution in [0.4, 0.5) is 0 Å². The summed E-state index contributed by atoms with van der Waals surface area (Å²) in [5.74, 6) is -0.791. The minimum atomic E-state index is -0.791. The molecule has 0 saturated carbocycles. The van der Waals surface area contributed by atoms with Gasteiger partial charge in [0.1, 0.15) is 0 Å². The first-order valence-electron chi connectivity index (χ1n) is 5.14.